The van der Waals surface area contributed by atoms with Crippen molar-refractivity contribution in [2.24, 2.45) is 0 Å². The molecule has 0 radical (unpaired) electrons. The topological polar surface area (TPSA) is 71.1 Å². The molecule has 1 aliphatic rings. The van der Waals surface area contributed by atoms with Gasteiger partial charge in [-0.25, -0.2) is 0 Å². The molecule has 0 aliphatic carbocycles. The minimum Gasteiger partial charge on any atom is -0.372 e. The molecule has 1 aliphatic heterocycles. The van der Waals surface area contributed by atoms with E-state index in [-0.39, 0.29) is 17.8 Å². The molecule has 1 N–H and O–H groups in total. The van der Waals surface area contributed by atoms with Crippen molar-refractivity contribution < 1.29 is 4.74 Å². The SMILES string of the molecule is Cc1cc(-c2c[nH]c(N3CC(C)OC(C)C3)nc2=O)ccn1. The van der Waals surface area contributed by atoms with Gasteiger partial charge in [0, 0.05) is 31.2 Å². The zero-order valence-corrected chi connectivity index (χ0v) is 13.0. The molecule has 1 saturated heterocycles. The Bertz CT molecular complexity index is 718. The predicted molar refractivity (Wildman–Crippen MR) is 85.0 cm³/mol. The van der Waals surface area contributed by atoms with Crippen LogP contribution in [0.3, 0.4) is 0 Å². The lowest BCUT2D eigenvalue weighted by Gasteiger charge is -2.35. The van der Waals surface area contributed by atoms with E-state index in [0.29, 0.717) is 11.5 Å². The van der Waals surface area contributed by atoms with Gasteiger partial charge in [0.1, 0.15) is 0 Å². The fraction of sp³-hybridized carbons (Fsp3) is 0.438. The van der Waals surface area contributed by atoms with Gasteiger partial charge in [-0.3, -0.25) is 9.78 Å². The van der Waals surface area contributed by atoms with E-state index in [1.165, 1.54) is 0 Å². The number of aromatic nitrogens is 3. The van der Waals surface area contributed by atoms with Gasteiger partial charge in [-0.05, 0) is 38.5 Å². The number of hydrogen-bond donors (Lipinski definition) is 1. The Balaban J connectivity index is 1.91. The highest BCUT2D eigenvalue weighted by molar-refractivity contribution is 5.62. The lowest BCUT2D eigenvalue weighted by Crippen LogP contribution is -2.46. The second-order valence-corrected chi connectivity index (χ2v) is 5.79. The number of aryl methyl sites for hydroxylation is 1. The Hall–Kier alpha value is -2.21. The molecule has 6 nitrogen and oxygen atoms in total. The molecule has 2 aromatic rings. The van der Waals surface area contributed by atoms with Gasteiger partial charge in [-0.15, -0.1) is 0 Å². The van der Waals surface area contributed by atoms with Gasteiger partial charge in [0.05, 0.1) is 17.8 Å². The van der Waals surface area contributed by atoms with Crippen molar-refractivity contribution in [1.29, 1.82) is 0 Å². The summed E-state index contributed by atoms with van der Waals surface area (Å²) in [5.74, 6) is 0.599. The summed E-state index contributed by atoms with van der Waals surface area (Å²) in [6.45, 7) is 7.39. The summed E-state index contributed by atoms with van der Waals surface area (Å²) in [6.07, 6.45) is 3.67. The molecule has 2 unspecified atom stereocenters. The van der Waals surface area contributed by atoms with Crippen molar-refractivity contribution in [1.82, 2.24) is 15.0 Å². The Labute approximate surface area is 129 Å². The van der Waals surface area contributed by atoms with Crippen LogP contribution in [0.4, 0.5) is 5.95 Å². The summed E-state index contributed by atoms with van der Waals surface area (Å²) < 4.78 is 5.71. The summed E-state index contributed by atoms with van der Waals surface area (Å²) in [5, 5.41) is 0. The van der Waals surface area contributed by atoms with Crippen LogP contribution in [0.5, 0.6) is 0 Å². The Morgan fingerprint density at radius 2 is 2.05 bits per heavy atom. The van der Waals surface area contributed by atoms with E-state index in [9.17, 15) is 4.79 Å². The summed E-state index contributed by atoms with van der Waals surface area (Å²) in [6, 6.07) is 3.70. The molecule has 0 amide bonds. The van der Waals surface area contributed by atoms with Crippen LogP contribution < -0.4 is 10.5 Å². The number of H-pyrrole nitrogens is 1. The molecule has 3 heterocycles. The first kappa shape index (κ1) is 14.7. The molecule has 0 aromatic carbocycles. The van der Waals surface area contributed by atoms with E-state index in [0.717, 1.165) is 24.3 Å². The molecule has 2 aromatic heterocycles. The first-order chi connectivity index (χ1) is 10.5. The van der Waals surface area contributed by atoms with Crippen LogP contribution in [0, 0.1) is 6.92 Å². The summed E-state index contributed by atoms with van der Waals surface area (Å²) in [5.41, 5.74) is 2.03. The second kappa shape index (κ2) is 5.88. The number of pyridine rings is 1. The Morgan fingerprint density at radius 3 is 2.68 bits per heavy atom. The number of morpholine rings is 1. The molecular weight excluding hydrogens is 280 g/mol. The van der Waals surface area contributed by atoms with Gasteiger partial charge in [-0.2, -0.15) is 4.98 Å². The molecule has 0 spiro atoms. The molecule has 0 bridgehead atoms. The van der Waals surface area contributed by atoms with Crippen LogP contribution in [0.25, 0.3) is 11.1 Å². The highest BCUT2D eigenvalue weighted by atomic mass is 16.5. The number of rotatable bonds is 2. The molecule has 3 rings (SSSR count). The molecule has 0 saturated carbocycles. The quantitative estimate of drug-likeness (QED) is 0.915. The normalized spacial score (nSPS) is 21.9. The van der Waals surface area contributed by atoms with Crippen molar-refractivity contribution in [3.05, 3.63) is 40.6 Å². The fourth-order valence-corrected chi connectivity index (χ4v) is 2.82. The molecule has 6 heteroatoms. The number of hydrogen-bond acceptors (Lipinski definition) is 5. The molecule has 116 valence electrons. The van der Waals surface area contributed by atoms with Gasteiger partial charge in [0.2, 0.25) is 5.95 Å². The third kappa shape index (κ3) is 3.01. The van der Waals surface area contributed by atoms with E-state index in [2.05, 4.69) is 19.9 Å². The van der Waals surface area contributed by atoms with Crippen molar-refractivity contribution in [2.75, 3.05) is 18.0 Å². The number of aromatic amines is 1. The van der Waals surface area contributed by atoms with Crippen LogP contribution in [-0.4, -0.2) is 40.2 Å². The monoisotopic (exact) mass is 300 g/mol. The molecule has 22 heavy (non-hydrogen) atoms. The van der Waals surface area contributed by atoms with Crippen molar-refractivity contribution in [3.63, 3.8) is 0 Å². The van der Waals surface area contributed by atoms with E-state index >= 15 is 0 Å². The summed E-state index contributed by atoms with van der Waals surface area (Å²) in [4.78, 5) is 25.9. The maximum Gasteiger partial charge on any atom is 0.282 e. The van der Waals surface area contributed by atoms with Crippen molar-refractivity contribution in [3.8, 4) is 11.1 Å². The first-order valence-corrected chi connectivity index (χ1v) is 7.46. The molecular formula is C16H20N4O2. The van der Waals surface area contributed by atoms with Gasteiger partial charge >= 0.3 is 0 Å². The minimum absolute atomic E-state index is 0.122. The van der Waals surface area contributed by atoms with Crippen LogP contribution in [0.1, 0.15) is 19.5 Å². The average Bonchev–Trinajstić information content (AvgIpc) is 2.46. The van der Waals surface area contributed by atoms with E-state index in [1.54, 1.807) is 12.4 Å². The minimum atomic E-state index is -0.230. The fourth-order valence-electron chi connectivity index (χ4n) is 2.82. The molecule has 1 fully saturated rings. The van der Waals surface area contributed by atoms with Gasteiger partial charge < -0.3 is 14.6 Å². The summed E-state index contributed by atoms with van der Waals surface area (Å²) >= 11 is 0. The van der Waals surface area contributed by atoms with Gasteiger partial charge in [0.15, 0.2) is 0 Å². The largest absolute Gasteiger partial charge is 0.372 e. The highest BCUT2D eigenvalue weighted by Crippen LogP contribution is 2.18. The second-order valence-electron chi connectivity index (χ2n) is 5.79. The lowest BCUT2D eigenvalue weighted by molar-refractivity contribution is -0.00573. The number of ether oxygens (including phenoxy) is 1. The van der Waals surface area contributed by atoms with Crippen LogP contribution in [0.15, 0.2) is 29.3 Å². The lowest BCUT2D eigenvalue weighted by atomic mass is 10.1. The standard InChI is InChI=1S/C16H20N4O2/c1-10-6-13(4-5-17-10)14-7-18-16(19-15(14)21)20-8-11(2)22-12(3)9-20/h4-7,11-12H,8-9H2,1-3H3,(H,18,19,21). The van der Waals surface area contributed by atoms with Crippen LogP contribution in [0.2, 0.25) is 0 Å². The van der Waals surface area contributed by atoms with Gasteiger partial charge in [0.25, 0.3) is 5.56 Å². The number of nitrogens with one attached hydrogen (secondary N) is 1. The van der Waals surface area contributed by atoms with Crippen LogP contribution >= 0.6 is 0 Å². The van der Waals surface area contributed by atoms with E-state index < -0.39 is 0 Å². The van der Waals surface area contributed by atoms with E-state index in [1.807, 2.05) is 32.9 Å². The third-order valence-electron chi connectivity index (χ3n) is 3.71. The number of anilines is 1. The maximum atomic E-state index is 12.3. The van der Waals surface area contributed by atoms with E-state index in [4.69, 9.17) is 4.74 Å². The highest BCUT2D eigenvalue weighted by Gasteiger charge is 2.24. The van der Waals surface area contributed by atoms with Crippen LogP contribution in [-0.2, 0) is 4.74 Å². The van der Waals surface area contributed by atoms with Crippen molar-refractivity contribution >= 4 is 5.95 Å². The smallest absolute Gasteiger partial charge is 0.282 e. The maximum absolute atomic E-state index is 12.3. The zero-order chi connectivity index (χ0) is 15.7. The van der Waals surface area contributed by atoms with Crippen molar-refractivity contribution in [2.45, 2.75) is 33.0 Å². The zero-order valence-electron chi connectivity index (χ0n) is 13.0. The predicted octanol–water partition coefficient (Wildman–Crippen LogP) is 1.75. The Kier molecular flexibility index (Phi) is 3.94. The first-order valence-electron chi connectivity index (χ1n) is 7.46. The molecule has 2 atom stereocenters. The summed E-state index contributed by atoms with van der Waals surface area (Å²) in [7, 11) is 0. The third-order valence-corrected chi connectivity index (χ3v) is 3.71. The van der Waals surface area contributed by atoms with Gasteiger partial charge in [-0.1, -0.05) is 0 Å². The Morgan fingerprint density at radius 1 is 1.32 bits per heavy atom. The average molecular weight is 300 g/mol. The number of nitrogens with zero attached hydrogens (tertiary/aromatic N) is 3.